The number of benzene rings is 3. The van der Waals surface area contributed by atoms with E-state index in [1.807, 2.05) is 67.6 Å². The van der Waals surface area contributed by atoms with Gasteiger partial charge in [0.1, 0.15) is 11.5 Å². The van der Waals surface area contributed by atoms with E-state index in [-0.39, 0.29) is 5.91 Å². The summed E-state index contributed by atoms with van der Waals surface area (Å²) in [5.74, 6) is 0.571. The Labute approximate surface area is 156 Å². The molecule has 0 bridgehead atoms. The molecule has 0 saturated heterocycles. The summed E-state index contributed by atoms with van der Waals surface area (Å²) in [5, 5.41) is 8.71. The largest absolute Gasteiger partial charge is 0.399 e. The van der Waals surface area contributed by atoms with Crippen molar-refractivity contribution in [1.82, 2.24) is 10.5 Å². The topological polar surface area (TPSA) is 81.2 Å². The number of hydrogen-bond donors (Lipinski definition) is 2. The fraction of sp³-hybridized carbons (Fsp3) is 0.0909. The Morgan fingerprint density at radius 2 is 1.81 bits per heavy atom. The highest BCUT2D eigenvalue weighted by atomic mass is 16.5. The maximum absolute atomic E-state index is 12.8. The van der Waals surface area contributed by atoms with Gasteiger partial charge in [-0.2, -0.15) is 0 Å². The third-order valence-corrected chi connectivity index (χ3v) is 4.47. The molecule has 5 nitrogen and oxygen atoms in total. The van der Waals surface area contributed by atoms with Gasteiger partial charge in [0, 0.05) is 17.3 Å². The first kappa shape index (κ1) is 16.8. The monoisotopic (exact) mass is 357 g/mol. The van der Waals surface area contributed by atoms with Crippen LogP contribution in [0.3, 0.4) is 0 Å². The lowest BCUT2D eigenvalue weighted by atomic mass is 9.95. The second-order valence-corrected chi connectivity index (χ2v) is 6.44. The Hall–Kier alpha value is -3.60. The van der Waals surface area contributed by atoms with Gasteiger partial charge in [0.15, 0.2) is 0 Å². The van der Waals surface area contributed by atoms with E-state index in [0.717, 1.165) is 27.7 Å². The van der Waals surface area contributed by atoms with Crippen LogP contribution in [0.15, 0.2) is 71.3 Å². The number of hydrogen-bond acceptors (Lipinski definition) is 4. The number of nitrogen functional groups attached to an aromatic ring is 1. The number of fused-ring (bicyclic) bond motifs is 1. The normalized spacial score (nSPS) is 10.9. The van der Waals surface area contributed by atoms with Crippen LogP contribution in [0, 0.1) is 6.92 Å². The summed E-state index contributed by atoms with van der Waals surface area (Å²) >= 11 is 0. The van der Waals surface area contributed by atoms with Crippen LogP contribution in [0.1, 0.15) is 21.8 Å². The summed E-state index contributed by atoms with van der Waals surface area (Å²) in [7, 11) is 0. The van der Waals surface area contributed by atoms with E-state index in [1.165, 1.54) is 0 Å². The molecule has 0 fully saturated rings. The summed E-state index contributed by atoms with van der Waals surface area (Å²) in [4.78, 5) is 12.8. The molecule has 0 aliphatic carbocycles. The second-order valence-electron chi connectivity index (χ2n) is 6.44. The maximum Gasteiger partial charge on any atom is 0.252 e. The second kappa shape index (κ2) is 6.96. The Balaban J connectivity index is 1.70. The Kier molecular flexibility index (Phi) is 4.34. The van der Waals surface area contributed by atoms with Crippen LogP contribution in [0.4, 0.5) is 5.69 Å². The molecule has 4 aromatic rings. The Bertz CT molecular complexity index is 1130. The van der Waals surface area contributed by atoms with E-state index >= 15 is 0 Å². The van der Waals surface area contributed by atoms with Gasteiger partial charge in [0.2, 0.25) is 0 Å². The lowest BCUT2D eigenvalue weighted by molar-refractivity contribution is 0.0951. The molecule has 0 atom stereocenters. The van der Waals surface area contributed by atoms with Gasteiger partial charge in [0.25, 0.3) is 5.91 Å². The molecule has 5 heteroatoms. The average Bonchev–Trinajstić information content (AvgIpc) is 3.10. The molecule has 0 saturated carbocycles. The number of amides is 1. The highest BCUT2D eigenvalue weighted by Crippen LogP contribution is 2.31. The van der Waals surface area contributed by atoms with Crippen molar-refractivity contribution in [3.63, 3.8) is 0 Å². The van der Waals surface area contributed by atoms with Crippen LogP contribution in [0.25, 0.3) is 21.9 Å². The van der Waals surface area contributed by atoms with Crippen LogP contribution in [0.2, 0.25) is 0 Å². The molecule has 4 rings (SSSR count). The first-order chi connectivity index (χ1) is 13.1. The summed E-state index contributed by atoms with van der Waals surface area (Å²) < 4.78 is 5.04. The van der Waals surface area contributed by atoms with Crippen molar-refractivity contribution in [3.8, 4) is 11.1 Å². The number of carbonyl (C=O) groups is 1. The molecule has 3 N–H and O–H groups in total. The third-order valence-electron chi connectivity index (χ3n) is 4.47. The molecule has 0 unspecified atom stereocenters. The van der Waals surface area contributed by atoms with Gasteiger partial charge in [-0.15, -0.1) is 0 Å². The first-order valence-corrected chi connectivity index (χ1v) is 8.70. The smallest absolute Gasteiger partial charge is 0.252 e. The predicted molar refractivity (Wildman–Crippen MR) is 106 cm³/mol. The van der Waals surface area contributed by atoms with E-state index in [1.54, 1.807) is 6.07 Å². The van der Waals surface area contributed by atoms with Crippen molar-refractivity contribution in [1.29, 1.82) is 0 Å². The number of aromatic nitrogens is 1. The number of rotatable bonds is 4. The molecule has 0 aliphatic heterocycles. The van der Waals surface area contributed by atoms with E-state index in [0.29, 0.717) is 23.5 Å². The van der Waals surface area contributed by atoms with Crippen molar-refractivity contribution < 1.29 is 9.32 Å². The summed E-state index contributed by atoms with van der Waals surface area (Å²) in [6, 6.07) is 21.3. The van der Waals surface area contributed by atoms with Crippen molar-refractivity contribution >= 4 is 22.4 Å². The Morgan fingerprint density at radius 3 is 2.59 bits per heavy atom. The minimum atomic E-state index is -0.147. The van der Waals surface area contributed by atoms with Crippen molar-refractivity contribution in [2.45, 2.75) is 13.5 Å². The van der Waals surface area contributed by atoms with Crippen molar-refractivity contribution in [3.05, 3.63) is 83.7 Å². The maximum atomic E-state index is 12.8. The fourth-order valence-electron chi connectivity index (χ4n) is 3.23. The van der Waals surface area contributed by atoms with Gasteiger partial charge in [-0.3, -0.25) is 4.79 Å². The van der Waals surface area contributed by atoms with Gasteiger partial charge in [-0.1, -0.05) is 47.6 Å². The third kappa shape index (κ3) is 3.40. The number of nitrogens with zero attached hydrogens (tertiary/aromatic N) is 1. The molecular formula is C22H19N3O2. The molecule has 1 aromatic heterocycles. The zero-order valence-corrected chi connectivity index (χ0v) is 14.9. The lowest BCUT2D eigenvalue weighted by Crippen LogP contribution is -2.23. The fourth-order valence-corrected chi connectivity index (χ4v) is 3.23. The standard InChI is InChI=1S/C22H19N3O2/c1-14-11-17(25-27-14)13-24-22(26)21-10-4-8-19-18(7-3-9-20(19)21)15-5-2-6-16(23)12-15/h2-12H,13,23H2,1H3,(H,24,26). The molecule has 0 radical (unpaired) electrons. The summed E-state index contributed by atoms with van der Waals surface area (Å²) in [6.07, 6.45) is 0. The van der Waals surface area contributed by atoms with Gasteiger partial charge in [-0.05, 0) is 47.0 Å². The molecule has 1 heterocycles. The number of carbonyl (C=O) groups excluding carboxylic acids is 1. The minimum absolute atomic E-state index is 0.147. The van der Waals surface area contributed by atoms with Crippen LogP contribution in [-0.4, -0.2) is 11.1 Å². The molecule has 3 aromatic carbocycles. The summed E-state index contributed by atoms with van der Waals surface area (Å²) in [6.45, 7) is 2.14. The molecule has 27 heavy (non-hydrogen) atoms. The van der Waals surface area contributed by atoms with E-state index in [2.05, 4.69) is 10.5 Å². The van der Waals surface area contributed by atoms with Crippen LogP contribution >= 0.6 is 0 Å². The quantitative estimate of drug-likeness (QED) is 0.533. The van der Waals surface area contributed by atoms with E-state index < -0.39 is 0 Å². The number of nitrogens with two attached hydrogens (primary N) is 1. The highest BCUT2D eigenvalue weighted by Gasteiger charge is 2.13. The highest BCUT2D eigenvalue weighted by molar-refractivity contribution is 6.10. The molecule has 1 amide bonds. The molecule has 134 valence electrons. The zero-order chi connectivity index (χ0) is 18.8. The lowest BCUT2D eigenvalue weighted by Gasteiger charge is -2.11. The number of aryl methyl sites for hydroxylation is 1. The van der Waals surface area contributed by atoms with Gasteiger partial charge < -0.3 is 15.6 Å². The molecule has 0 spiro atoms. The average molecular weight is 357 g/mol. The van der Waals surface area contributed by atoms with E-state index in [4.69, 9.17) is 10.3 Å². The van der Waals surface area contributed by atoms with Crippen molar-refractivity contribution in [2.24, 2.45) is 0 Å². The number of anilines is 1. The first-order valence-electron chi connectivity index (χ1n) is 8.70. The minimum Gasteiger partial charge on any atom is -0.399 e. The van der Waals surface area contributed by atoms with Crippen molar-refractivity contribution in [2.75, 3.05) is 5.73 Å². The number of nitrogens with one attached hydrogen (secondary N) is 1. The van der Waals surface area contributed by atoms with Crippen LogP contribution in [-0.2, 0) is 6.54 Å². The Morgan fingerprint density at radius 1 is 1.04 bits per heavy atom. The van der Waals surface area contributed by atoms with Crippen LogP contribution in [0.5, 0.6) is 0 Å². The summed E-state index contributed by atoms with van der Waals surface area (Å²) in [5.41, 5.74) is 10.0. The SMILES string of the molecule is Cc1cc(CNC(=O)c2cccc3c(-c4cccc(N)c4)cccc23)no1. The molecular weight excluding hydrogens is 338 g/mol. The van der Waals surface area contributed by atoms with E-state index in [9.17, 15) is 4.79 Å². The van der Waals surface area contributed by atoms with Gasteiger partial charge in [0.05, 0.1) is 6.54 Å². The zero-order valence-electron chi connectivity index (χ0n) is 14.9. The predicted octanol–water partition coefficient (Wildman–Crippen LogP) is 4.32. The van der Waals surface area contributed by atoms with Gasteiger partial charge >= 0.3 is 0 Å². The van der Waals surface area contributed by atoms with Crippen LogP contribution < -0.4 is 11.1 Å². The molecule has 0 aliphatic rings. The van der Waals surface area contributed by atoms with Gasteiger partial charge in [-0.25, -0.2) is 0 Å².